The van der Waals surface area contributed by atoms with Crippen LogP contribution < -0.4 is 5.43 Å². The van der Waals surface area contributed by atoms with E-state index in [0.29, 0.717) is 0 Å². The molecular formula is C21H19ClN2. The van der Waals surface area contributed by atoms with Crippen LogP contribution in [0.5, 0.6) is 0 Å². The van der Waals surface area contributed by atoms with Crippen LogP contribution in [0.3, 0.4) is 0 Å². The Hall–Kier alpha value is -2.58. The van der Waals surface area contributed by atoms with Crippen LogP contribution in [0.25, 0.3) is 0 Å². The van der Waals surface area contributed by atoms with E-state index in [2.05, 4.69) is 30.5 Å². The predicted octanol–water partition coefficient (Wildman–Crippen LogP) is 5.77. The highest BCUT2D eigenvalue weighted by atomic mass is 35.5. The fourth-order valence-electron chi connectivity index (χ4n) is 2.55. The van der Waals surface area contributed by atoms with Gasteiger partial charge in [0.05, 0.1) is 11.4 Å². The summed E-state index contributed by atoms with van der Waals surface area (Å²) in [6.07, 6.45) is 0.959. The molecule has 0 saturated heterocycles. The monoisotopic (exact) mass is 334 g/mol. The summed E-state index contributed by atoms with van der Waals surface area (Å²) in [6, 6.07) is 26.1. The molecule has 2 nitrogen and oxygen atoms in total. The number of anilines is 1. The molecule has 0 saturated carbocycles. The molecule has 3 aromatic carbocycles. The van der Waals surface area contributed by atoms with E-state index in [1.807, 2.05) is 60.7 Å². The summed E-state index contributed by atoms with van der Waals surface area (Å²) in [6.45, 7) is 2.14. The normalized spacial score (nSPS) is 11.3. The van der Waals surface area contributed by atoms with Crippen LogP contribution in [0.1, 0.15) is 23.6 Å². The molecular weight excluding hydrogens is 316 g/mol. The Morgan fingerprint density at radius 2 is 1.46 bits per heavy atom. The van der Waals surface area contributed by atoms with E-state index in [1.165, 1.54) is 5.56 Å². The van der Waals surface area contributed by atoms with Crippen molar-refractivity contribution in [1.29, 1.82) is 0 Å². The highest BCUT2D eigenvalue weighted by Crippen LogP contribution is 2.18. The molecule has 0 spiro atoms. The Morgan fingerprint density at radius 3 is 2.17 bits per heavy atom. The molecule has 0 aromatic heterocycles. The van der Waals surface area contributed by atoms with Gasteiger partial charge in [-0.3, -0.25) is 5.43 Å². The summed E-state index contributed by atoms with van der Waals surface area (Å²) in [5, 5.41) is 5.41. The summed E-state index contributed by atoms with van der Waals surface area (Å²) in [7, 11) is 0. The Bertz CT molecular complexity index is 824. The number of benzene rings is 3. The van der Waals surface area contributed by atoms with Gasteiger partial charge in [0, 0.05) is 16.1 Å². The van der Waals surface area contributed by atoms with E-state index >= 15 is 0 Å². The second-order valence-corrected chi connectivity index (χ2v) is 5.89. The van der Waals surface area contributed by atoms with Crippen LogP contribution in [-0.2, 0) is 6.42 Å². The zero-order valence-electron chi connectivity index (χ0n) is 13.5. The third-order valence-electron chi connectivity index (χ3n) is 3.85. The maximum Gasteiger partial charge on any atom is 0.0977 e. The molecule has 0 heterocycles. The number of para-hydroxylation sites is 1. The minimum absolute atomic E-state index is 0.718. The molecule has 3 aromatic rings. The zero-order valence-corrected chi connectivity index (χ0v) is 14.3. The topological polar surface area (TPSA) is 24.4 Å². The quantitative estimate of drug-likeness (QED) is 0.465. The van der Waals surface area contributed by atoms with Gasteiger partial charge in [0.15, 0.2) is 0 Å². The van der Waals surface area contributed by atoms with Gasteiger partial charge >= 0.3 is 0 Å². The van der Waals surface area contributed by atoms with Crippen molar-refractivity contribution < 1.29 is 0 Å². The van der Waals surface area contributed by atoms with Gasteiger partial charge in [-0.15, -0.1) is 0 Å². The highest BCUT2D eigenvalue weighted by molar-refractivity contribution is 6.30. The van der Waals surface area contributed by atoms with Gasteiger partial charge in [-0.2, -0.15) is 5.10 Å². The number of rotatable bonds is 5. The first kappa shape index (κ1) is 16.3. The van der Waals surface area contributed by atoms with Crippen LogP contribution in [0.15, 0.2) is 84.0 Å². The lowest BCUT2D eigenvalue weighted by Crippen LogP contribution is -2.07. The molecule has 0 atom stereocenters. The van der Waals surface area contributed by atoms with E-state index in [0.717, 1.165) is 34.0 Å². The summed E-state index contributed by atoms with van der Waals surface area (Å²) < 4.78 is 0. The Kier molecular flexibility index (Phi) is 5.29. The standard InChI is InChI=1S/C21H19ClN2/c1-2-16-8-6-7-11-20(16)23-24-21(17-9-4-3-5-10-17)18-12-14-19(22)15-13-18/h3-15,23H,2H2,1H3/b24-21+. The number of halogens is 1. The Balaban J connectivity index is 2.00. The van der Waals surface area contributed by atoms with E-state index in [4.69, 9.17) is 16.7 Å². The third kappa shape index (κ3) is 3.84. The van der Waals surface area contributed by atoms with Crippen LogP contribution in [0.2, 0.25) is 5.02 Å². The molecule has 120 valence electrons. The van der Waals surface area contributed by atoms with Crippen molar-refractivity contribution in [2.75, 3.05) is 5.43 Å². The fraction of sp³-hybridized carbons (Fsp3) is 0.0952. The minimum atomic E-state index is 0.718. The van der Waals surface area contributed by atoms with Gasteiger partial charge in [-0.05, 0) is 30.2 Å². The maximum absolute atomic E-state index is 6.02. The van der Waals surface area contributed by atoms with Crippen molar-refractivity contribution in [2.24, 2.45) is 5.10 Å². The summed E-state index contributed by atoms with van der Waals surface area (Å²) >= 11 is 6.02. The number of aryl methyl sites for hydroxylation is 1. The van der Waals surface area contributed by atoms with Crippen LogP contribution in [0.4, 0.5) is 5.69 Å². The van der Waals surface area contributed by atoms with Gasteiger partial charge in [-0.1, -0.05) is 79.2 Å². The zero-order chi connectivity index (χ0) is 16.8. The van der Waals surface area contributed by atoms with Gasteiger partial charge < -0.3 is 0 Å². The van der Waals surface area contributed by atoms with Crippen molar-refractivity contribution in [3.8, 4) is 0 Å². The van der Waals surface area contributed by atoms with Gasteiger partial charge in [-0.25, -0.2) is 0 Å². The molecule has 1 N–H and O–H groups in total. The second kappa shape index (κ2) is 7.80. The van der Waals surface area contributed by atoms with Gasteiger partial charge in [0.1, 0.15) is 0 Å². The second-order valence-electron chi connectivity index (χ2n) is 5.46. The number of hydrogen-bond donors (Lipinski definition) is 1. The molecule has 0 unspecified atom stereocenters. The van der Waals surface area contributed by atoms with E-state index in [1.54, 1.807) is 0 Å². The van der Waals surface area contributed by atoms with E-state index < -0.39 is 0 Å². The predicted molar refractivity (Wildman–Crippen MR) is 103 cm³/mol. The molecule has 0 aliphatic rings. The molecule has 24 heavy (non-hydrogen) atoms. The van der Waals surface area contributed by atoms with E-state index in [9.17, 15) is 0 Å². The molecule has 0 radical (unpaired) electrons. The van der Waals surface area contributed by atoms with Crippen LogP contribution in [0, 0.1) is 0 Å². The van der Waals surface area contributed by atoms with Crippen molar-refractivity contribution in [3.63, 3.8) is 0 Å². The molecule has 3 rings (SSSR count). The summed E-state index contributed by atoms with van der Waals surface area (Å²) in [5.41, 5.74) is 8.47. The van der Waals surface area contributed by atoms with Gasteiger partial charge in [0.25, 0.3) is 0 Å². The van der Waals surface area contributed by atoms with Crippen molar-refractivity contribution in [1.82, 2.24) is 0 Å². The summed E-state index contributed by atoms with van der Waals surface area (Å²) in [5.74, 6) is 0. The fourth-order valence-corrected chi connectivity index (χ4v) is 2.68. The number of hydrogen-bond acceptors (Lipinski definition) is 2. The van der Waals surface area contributed by atoms with Crippen molar-refractivity contribution in [3.05, 3.63) is 101 Å². The maximum atomic E-state index is 6.02. The summed E-state index contributed by atoms with van der Waals surface area (Å²) in [4.78, 5) is 0. The molecule has 0 aliphatic carbocycles. The Labute approximate surface area is 147 Å². The average Bonchev–Trinajstić information content (AvgIpc) is 2.64. The van der Waals surface area contributed by atoms with Crippen molar-refractivity contribution in [2.45, 2.75) is 13.3 Å². The SMILES string of the molecule is CCc1ccccc1N/N=C(\c1ccccc1)c1ccc(Cl)cc1. The highest BCUT2D eigenvalue weighted by Gasteiger charge is 2.07. The van der Waals surface area contributed by atoms with E-state index in [-0.39, 0.29) is 0 Å². The average molecular weight is 335 g/mol. The lowest BCUT2D eigenvalue weighted by Gasteiger charge is -2.11. The molecule has 3 heteroatoms. The molecule has 0 aliphatic heterocycles. The molecule has 0 fully saturated rings. The number of hydrazone groups is 1. The lowest BCUT2D eigenvalue weighted by atomic mass is 10.0. The smallest absolute Gasteiger partial charge is 0.0977 e. The van der Waals surface area contributed by atoms with Crippen LogP contribution in [-0.4, -0.2) is 5.71 Å². The Morgan fingerprint density at radius 1 is 0.833 bits per heavy atom. The first-order chi connectivity index (χ1) is 11.8. The third-order valence-corrected chi connectivity index (χ3v) is 4.10. The molecule has 0 bridgehead atoms. The first-order valence-electron chi connectivity index (χ1n) is 8.01. The van der Waals surface area contributed by atoms with Gasteiger partial charge in [0.2, 0.25) is 0 Å². The number of nitrogens with one attached hydrogen (secondary N) is 1. The van der Waals surface area contributed by atoms with Crippen molar-refractivity contribution >= 4 is 23.0 Å². The minimum Gasteiger partial charge on any atom is -0.278 e. The largest absolute Gasteiger partial charge is 0.278 e. The first-order valence-corrected chi connectivity index (χ1v) is 8.38. The molecule has 0 amide bonds. The number of nitrogens with zero attached hydrogens (tertiary/aromatic N) is 1. The lowest BCUT2D eigenvalue weighted by molar-refractivity contribution is 1.13. The van der Waals surface area contributed by atoms with Crippen LogP contribution >= 0.6 is 11.6 Å².